The van der Waals surface area contributed by atoms with Gasteiger partial charge in [0.15, 0.2) is 0 Å². The van der Waals surface area contributed by atoms with Crippen LogP contribution in [0.5, 0.6) is 0 Å². The highest BCUT2D eigenvalue weighted by Gasteiger charge is 2.30. The van der Waals surface area contributed by atoms with Gasteiger partial charge in [0.2, 0.25) is 10.0 Å². The lowest BCUT2D eigenvalue weighted by Crippen LogP contribution is -2.39. The Labute approximate surface area is 115 Å². The Morgan fingerprint density at radius 3 is 2.58 bits per heavy atom. The fraction of sp³-hybridized carbons (Fsp3) is 0.571. The molecule has 0 bridgehead atoms. The summed E-state index contributed by atoms with van der Waals surface area (Å²) in [6, 6.07) is 7.31. The van der Waals surface area contributed by atoms with Crippen molar-refractivity contribution < 1.29 is 8.42 Å². The Morgan fingerprint density at radius 1 is 1.32 bits per heavy atom. The Hall–Kier alpha value is -1.07. The lowest BCUT2D eigenvalue weighted by molar-refractivity contribution is 0.335. The molecular weight excluding hydrogens is 260 g/mol. The number of anilines is 1. The van der Waals surface area contributed by atoms with Crippen molar-refractivity contribution in [3.05, 3.63) is 29.8 Å². The Balaban J connectivity index is 2.16. The number of hydrogen-bond donors (Lipinski definition) is 1. The van der Waals surface area contributed by atoms with Gasteiger partial charge in [0.1, 0.15) is 0 Å². The van der Waals surface area contributed by atoms with E-state index >= 15 is 0 Å². The highest BCUT2D eigenvalue weighted by atomic mass is 32.2. The molecule has 2 rings (SSSR count). The zero-order chi connectivity index (χ0) is 13.9. The second-order valence-electron chi connectivity index (χ2n) is 5.14. The Kier molecular flexibility index (Phi) is 4.47. The predicted molar refractivity (Wildman–Crippen MR) is 78.1 cm³/mol. The summed E-state index contributed by atoms with van der Waals surface area (Å²) in [4.78, 5) is 0. The summed E-state index contributed by atoms with van der Waals surface area (Å²) in [5.41, 5.74) is 7.07. The third-order valence-corrected chi connectivity index (χ3v) is 5.67. The summed E-state index contributed by atoms with van der Waals surface area (Å²) in [7, 11) is -3.25. The van der Waals surface area contributed by atoms with Crippen LogP contribution in [0.15, 0.2) is 24.3 Å². The van der Waals surface area contributed by atoms with Gasteiger partial charge in [0, 0.05) is 18.3 Å². The van der Waals surface area contributed by atoms with Crippen LogP contribution in [0, 0.1) is 0 Å². The smallest absolute Gasteiger partial charge is 0.218 e. The molecule has 0 aromatic heterocycles. The van der Waals surface area contributed by atoms with Gasteiger partial charge in [-0.15, -0.1) is 0 Å². The summed E-state index contributed by atoms with van der Waals surface area (Å²) in [5, 5.41) is 0. The first-order valence-corrected chi connectivity index (χ1v) is 8.48. The first kappa shape index (κ1) is 14.3. The van der Waals surface area contributed by atoms with Gasteiger partial charge < -0.3 is 5.73 Å². The molecule has 0 atom stereocenters. The van der Waals surface area contributed by atoms with Crippen LogP contribution in [0.1, 0.15) is 38.2 Å². The minimum atomic E-state index is -3.25. The maximum atomic E-state index is 12.5. The molecule has 0 heterocycles. The molecule has 1 aromatic carbocycles. The van der Waals surface area contributed by atoms with E-state index in [1.165, 1.54) is 0 Å². The number of sulfonamides is 1. The van der Waals surface area contributed by atoms with E-state index in [0.717, 1.165) is 31.2 Å². The lowest BCUT2D eigenvalue weighted by atomic mass is 10.2. The highest BCUT2D eigenvalue weighted by molar-refractivity contribution is 7.88. The fourth-order valence-corrected chi connectivity index (χ4v) is 4.68. The van der Waals surface area contributed by atoms with Gasteiger partial charge in [-0.3, -0.25) is 0 Å². The number of hydrogen-bond acceptors (Lipinski definition) is 3. The molecule has 0 radical (unpaired) electrons. The standard InChI is InChI=1S/C14H22N2O2S/c1-2-16(14-8-3-4-9-14)19(17,18)11-12-6-5-7-13(15)10-12/h5-7,10,14H,2-4,8-9,11,15H2,1H3. The maximum absolute atomic E-state index is 12.5. The highest BCUT2D eigenvalue weighted by Crippen LogP contribution is 2.26. The van der Waals surface area contributed by atoms with Gasteiger partial charge in [-0.1, -0.05) is 31.9 Å². The molecule has 0 aliphatic heterocycles. The molecule has 19 heavy (non-hydrogen) atoms. The van der Waals surface area contributed by atoms with Crippen LogP contribution in [0.2, 0.25) is 0 Å². The molecule has 1 fully saturated rings. The maximum Gasteiger partial charge on any atom is 0.218 e. The van der Waals surface area contributed by atoms with Gasteiger partial charge in [-0.2, -0.15) is 4.31 Å². The van der Waals surface area contributed by atoms with Crippen molar-refractivity contribution in [1.29, 1.82) is 0 Å². The van der Waals surface area contributed by atoms with Gasteiger partial charge in [-0.25, -0.2) is 8.42 Å². The molecule has 4 nitrogen and oxygen atoms in total. The van der Waals surface area contributed by atoms with Crippen LogP contribution in [0.4, 0.5) is 5.69 Å². The van der Waals surface area contributed by atoms with E-state index < -0.39 is 10.0 Å². The Bertz CT molecular complexity index is 522. The van der Waals surface area contributed by atoms with Crippen LogP contribution in [-0.4, -0.2) is 25.3 Å². The molecule has 1 aliphatic carbocycles. The molecule has 1 saturated carbocycles. The van der Waals surface area contributed by atoms with Crippen LogP contribution >= 0.6 is 0 Å². The summed E-state index contributed by atoms with van der Waals surface area (Å²) in [6.45, 7) is 2.46. The first-order chi connectivity index (χ1) is 9.03. The number of nitrogens with zero attached hydrogens (tertiary/aromatic N) is 1. The van der Waals surface area contributed by atoms with E-state index in [4.69, 9.17) is 5.73 Å². The van der Waals surface area contributed by atoms with Gasteiger partial charge >= 0.3 is 0 Å². The van der Waals surface area contributed by atoms with Gasteiger partial charge in [0.05, 0.1) is 5.75 Å². The molecule has 2 N–H and O–H groups in total. The van der Waals surface area contributed by atoms with E-state index in [1.54, 1.807) is 22.5 Å². The van der Waals surface area contributed by atoms with E-state index in [2.05, 4.69) is 0 Å². The van der Waals surface area contributed by atoms with Crippen molar-refractivity contribution in [2.24, 2.45) is 0 Å². The van der Waals surface area contributed by atoms with Gasteiger partial charge in [0.25, 0.3) is 0 Å². The van der Waals surface area contributed by atoms with Crippen molar-refractivity contribution in [1.82, 2.24) is 4.31 Å². The quantitative estimate of drug-likeness (QED) is 0.843. The average Bonchev–Trinajstić information content (AvgIpc) is 2.82. The molecule has 1 aliphatic rings. The van der Waals surface area contributed by atoms with Crippen LogP contribution in [0.3, 0.4) is 0 Å². The summed E-state index contributed by atoms with van der Waals surface area (Å²) >= 11 is 0. The van der Waals surface area contributed by atoms with E-state index in [1.807, 2.05) is 13.0 Å². The molecular formula is C14H22N2O2S. The van der Waals surface area contributed by atoms with Crippen molar-refractivity contribution in [2.75, 3.05) is 12.3 Å². The monoisotopic (exact) mass is 282 g/mol. The number of nitrogen functional groups attached to an aromatic ring is 1. The molecule has 5 heteroatoms. The number of benzene rings is 1. The van der Waals surface area contributed by atoms with E-state index in [-0.39, 0.29) is 11.8 Å². The second-order valence-corrected chi connectivity index (χ2v) is 7.06. The molecule has 106 valence electrons. The van der Waals surface area contributed by atoms with Gasteiger partial charge in [-0.05, 0) is 30.5 Å². The van der Waals surface area contributed by atoms with Crippen molar-refractivity contribution in [3.63, 3.8) is 0 Å². The van der Waals surface area contributed by atoms with E-state index in [0.29, 0.717) is 12.2 Å². The van der Waals surface area contributed by atoms with Crippen molar-refractivity contribution in [2.45, 2.75) is 44.4 Å². The van der Waals surface area contributed by atoms with Crippen LogP contribution in [0.25, 0.3) is 0 Å². The minimum Gasteiger partial charge on any atom is -0.399 e. The van der Waals surface area contributed by atoms with Crippen molar-refractivity contribution in [3.8, 4) is 0 Å². The topological polar surface area (TPSA) is 63.4 Å². The van der Waals surface area contributed by atoms with Crippen LogP contribution < -0.4 is 5.73 Å². The summed E-state index contributed by atoms with van der Waals surface area (Å²) in [6.07, 6.45) is 4.25. The lowest BCUT2D eigenvalue weighted by Gasteiger charge is -2.26. The zero-order valence-corrected chi connectivity index (χ0v) is 12.2. The summed E-state index contributed by atoms with van der Waals surface area (Å²) in [5.74, 6) is 0.0440. The predicted octanol–water partition coefficient (Wildman–Crippen LogP) is 2.36. The molecule has 0 spiro atoms. The Morgan fingerprint density at radius 2 is 2.00 bits per heavy atom. The molecule has 1 aromatic rings. The minimum absolute atomic E-state index is 0.0440. The third kappa shape index (κ3) is 3.48. The normalized spacial score (nSPS) is 17.2. The first-order valence-electron chi connectivity index (χ1n) is 6.87. The molecule has 0 saturated heterocycles. The average molecular weight is 282 g/mol. The van der Waals surface area contributed by atoms with Crippen LogP contribution in [-0.2, 0) is 15.8 Å². The summed E-state index contributed by atoms with van der Waals surface area (Å²) < 4.78 is 26.7. The van der Waals surface area contributed by atoms with E-state index in [9.17, 15) is 8.42 Å². The number of rotatable bonds is 5. The number of nitrogens with two attached hydrogens (primary N) is 1. The SMILES string of the molecule is CCN(C1CCCC1)S(=O)(=O)Cc1cccc(N)c1. The molecule has 0 amide bonds. The third-order valence-electron chi connectivity index (χ3n) is 3.70. The molecule has 0 unspecified atom stereocenters. The van der Waals surface area contributed by atoms with Crippen molar-refractivity contribution >= 4 is 15.7 Å². The second kappa shape index (κ2) is 5.92. The fourth-order valence-electron chi connectivity index (χ4n) is 2.85. The largest absolute Gasteiger partial charge is 0.399 e. The zero-order valence-electron chi connectivity index (χ0n) is 11.4.